The first-order valence-corrected chi connectivity index (χ1v) is 11.9. The highest BCUT2D eigenvalue weighted by molar-refractivity contribution is 5.94. The summed E-state index contributed by atoms with van der Waals surface area (Å²) in [6.45, 7) is 6.58. The van der Waals surface area contributed by atoms with Crippen LogP contribution in [0.1, 0.15) is 59.8 Å². The van der Waals surface area contributed by atoms with Crippen LogP contribution in [0.3, 0.4) is 0 Å². The summed E-state index contributed by atoms with van der Waals surface area (Å²) < 4.78 is 7.44. The number of carbonyl (C=O) groups is 1. The second-order valence-electron chi connectivity index (χ2n) is 9.24. The van der Waals surface area contributed by atoms with Crippen molar-refractivity contribution in [3.8, 4) is 0 Å². The van der Waals surface area contributed by atoms with Crippen LogP contribution in [0.2, 0.25) is 0 Å². The molecule has 1 aliphatic heterocycles. The largest absolute Gasteiger partial charge is 0.478 e. The highest BCUT2D eigenvalue weighted by atomic mass is 16.5. The fourth-order valence-electron chi connectivity index (χ4n) is 4.87. The number of benzene rings is 2. The minimum Gasteiger partial charge on any atom is -0.478 e. The van der Waals surface area contributed by atoms with Gasteiger partial charge in [0.2, 0.25) is 5.95 Å². The Hall–Kier alpha value is -3.39. The zero-order chi connectivity index (χ0) is 23.8. The number of fused-ring (bicyclic) bond motifs is 1. The van der Waals surface area contributed by atoms with Crippen molar-refractivity contribution in [1.29, 1.82) is 0 Å². The molecule has 8 heteroatoms. The number of morpholine rings is 1. The normalized spacial score (nSPS) is 17.4. The Morgan fingerprint density at radius 1 is 1.21 bits per heavy atom. The number of rotatable bonds is 6. The SMILES string of the molecule is Cc1cc(C(C)Nc2ccccc2C(=O)O)c2nc(N3CCOCC3)n(C3CCC3)c(=O)c2c1. The van der Waals surface area contributed by atoms with Crippen molar-refractivity contribution in [2.45, 2.75) is 45.2 Å². The third-order valence-corrected chi connectivity index (χ3v) is 6.89. The van der Waals surface area contributed by atoms with E-state index in [0.29, 0.717) is 48.8 Å². The van der Waals surface area contributed by atoms with Crippen molar-refractivity contribution in [3.05, 3.63) is 63.4 Å². The Morgan fingerprint density at radius 3 is 2.62 bits per heavy atom. The van der Waals surface area contributed by atoms with E-state index in [0.717, 1.165) is 30.4 Å². The highest BCUT2D eigenvalue weighted by Crippen LogP contribution is 2.35. The minimum absolute atomic E-state index is 0.000669. The molecular weight excluding hydrogens is 432 g/mol. The number of carboxylic acid groups (broad SMARTS) is 1. The molecular formula is C26H30N4O4. The lowest BCUT2D eigenvalue weighted by Crippen LogP contribution is -2.42. The predicted octanol–water partition coefficient (Wildman–Crippen LogP) is 4.14. The van der Waals surface area contributed by atoms with Crippen molar-refractivity contribution in [2.75, 3.05) is 36.5 Å². The van der Waals surface area contributed by atoms with Crippen LogP contribution >= 0.6 is 0 Å². The van der Waals surface area contributed by atoms with Crippen molar-refractivity contribution in [1.82, 2.24) is 9.55 Å². The van der Waals surface area contributed by atoms with Gasteiger partial charge in [0, 0.05) is 30.4 Å². The minimum atomic E-state index is -0.986. The molecule has 2 fully saturated rings. The molecule has 0 radical (unpaired) electrons. The van der Waals surface area contributed by atoms with Crippen LogP contribution in [0.25, 0.3) is 10.9 Å². The van der Waals surface area contributed by atoms with Gasteiger partial charge in [-0.25, -0.2) is 9.78 Å². The maximum Gasteiger partial charge on any atom is 0.337 e. The summed E-state index contributed by atoms with van der Waals surface area (Å²) in [6, 6.07) is 10.7. The molecule has 0 spiro atoms. The van der Waals surface area contributed by atoms with E-state index in [-0.39, 0.29) is 23.2 Å². The van der Waals surface area contributed by atoms with Gasteiger partial charge in [-0.2, -0.15) is 0 Å². The van der Waals surface area contributed by atoms with Crippen molar-refractivity contribution in [3.63, 3.8) is 0 Å². The van der Waals surface area contributed by atoms with E-state index < -0.39 is 5.97 Å². The molecule has 2 aliphatic rings. The molecule has 1 unspecified atom stereocenters. The van der Waals surface area contributed by atoms with Gasteiger partial charge < -0.3 is 20.1 Å². The molecule has 1 atom stereocenters. The third kappa shape index (κ3) is 4.03. The van der Waals surface area contributed by atoms with Gasteiger partial charge in [-0.15, -0.1) is 0 Å². The van der Waals surface area contributed by atoms with E-state index in [2.05, 4.69) is 10.2 Å². The molecule has 1 saturated carbocycles. The molecule has 1 aliphatic carbocycles. The van der Waals surface area contributed by atoms with Gasteiger partial charge in [0.1, 0.15) is 0 Å². The first-order valence-electron chi connectivity index (χ1n) is 11.9. The second-order valence-corrected chi connectivity index (χ2v) is 9.24. The van der Waals surface area contributed by atoms with E-state index in [1.807, 2.05) is 36.6 Å². The van der Waals surface area contributed by atoms with E-state index in [9.17, 15) is 14.7 Å². The first kappa shape index (κ1) is 22.4. The first-order chi connectivity index (χ1) is 16.4. The highest BCUT2D eigenvalue weighted by Gasteiger charge is 2.29. The molecule has 2 aromatic carbocycles. The van der Waals surface area contributed by atoms with Crippen molar-refractivity contribution < 1.29 is 14.6 Å². The van der Waals surface area contributed by atoms with Gasteiger partial charge in [-0.1, -0.05) is 18.2 Å². The number of para-hydroxylation sites is 1. The number of hydrogen-bond acceptors (Lipinski definition) is 6. The Kier molecular flexibility index (Phi) is 6.00. The summed E-state index contributed by atoms with van der Waals surface area (Å²) in [5, 5.41) is 13.5. The fraction of sp³-hybridized carbons (Fsp3) is 0.423. The lowest BCUT2D eigenvalue weighted by atomic mass is 9.92. The Bertz CT molecular complexity index is 1290. The van der Waals surface area contributed by atoms with Crippen LogP contribution in [0.5, 0.6) is 0 Å². The van der Waals surface area contributed by atoms with Crippen LogP contribution in [0, 0.1) is 6.92 Å². The van der Waals surface area contributed by atoms with Gasteiger partial charge >= 0.3 is 5.97 Å². The molecule has 1 saturated heterocycles. The van der Waals surface area contributed by atoms with Crippen LogP contribution in [-0.4, -0.2) is 46.9 Å². The molecule has 3 aromatic rings. The molecule has 0 bridgehead atoms. The number of carboxylic acids is 1. The van der Waals surface area contributed by atoms with Crippen molar-refractivity contribution >= 4 is 28.5 Å². The smallest absolute Gasteiger partial charge is 0.337 e. The third-order valence-electron chi connectivity index (χ3n) is 6.89. The number of aromatic nitrogens is 2. The van der Waals surface area contributed by atoms with Crippen LogP contribution in [0.4, 0.5) is 11.6 Å². The Balaban J connectivity index is 1.65. The molecule has 8 nitrogen and oxygen atoms in total. The van der Waals surface area contributed by atoms with Gasteiger partial charge in [-0.05, 0) is 56.9 Å². The number of hydrogen-bond donors (Lipinski definition) is 2. The number of nitrogens with zero attached hydrogens (tertiary/aromatic N) is 3. The number of nitrogens with one attached hydrogen (secondary N) is 1. The summed E-state index contributed by atoms with van der Waals surface area (Å²) in [4.78, 5) is 32.8. The van der Waals surface area contributed by atoms with Gasteiger partial charge in [-0.3, -0.25) is 9.36 Å². The quantitative estimate of drug-likeness (QED) is 0.568. The average Bonchev–Trinajstić information content (AvgIpc) is 2.80. The van der Waals surface area contributed by atoms with E-state index in [1.165, 1.54) is 0 Å². The van der Waals surface area contributed by atoms with Crippen LogP contribution in [0.15, 0.2) is 41.2 Å². The molecule has 5 rings (SSSR count). The lowest BCUT2D eigenvalue weighted by molar-refractivity contribution is 0.0698. The number of aryl methyl sites for hydroxylation is 1. The van der Waals surface area contributed by atoms with Gasteiger partial charge in [0.25, 0.3) is 5.56 Å². The number of ether oxygens (including phenoxy) is 1. The van der Waals surface area contributed by atoms with Crippen LogP contribution < -0.4 is 15.8 Å². The van der Waals surface area contributed by atoms with E-state index in [4.69, 9.17) is 9.72 Å². The molecule has 2 heterocycles. The summed E-state index contributed by atoms with van der Waals surface area (Å²) in [6.07, 6.45) is 3.11. The maximum atomic E-state index is 13.8. The Morgan fingerprint density at radius 2 is 1.94 bits per heavy atom. The summed E-state index contributed by atoms with van der Waals surface area (Å²) >= 11 is 0. The molecule has 34 heavy (non-hydrogen) atoms. The average molecular weight is 463 g/mol. The zero-order valence-corrected chi connectivity index (χ0v) is 19.6. The standard InChI is InChI=1S/C26H30N4O4/c1-16-14-20(17(2)27-22-9-4-3-8-19(22)25(32)33)23-21(15-16)24(31)30(18-6-5-7-18)26(28-23)29-10-12-34-13-11-29/h3-4,8-9,14-15,17-18,27H,5-7,10-13H2,1-2H3,(H,32,33). The number of anilines is 2. The summed E-state index contributed by atoms with van der Waals surface area (Å²) in [7, 11) is 0. The predicted molar refractivity (Wildman–Crippen MR) is 132 cm³/mol. The molecule has 1 aromatic heterocycles. The molecule has 2 N–H and O–H groups in total. The van der Waals surface area contributed by atoms with Crippen LogP contribution in [-0.2, 0) is 4.74 Å². The van der Waals surface area contributed by atoms with E-state index >= 15 is 0 Å². The lowest BCUT2D eigenvalue weighted by Gasteiger charge is -2.35. The summed E-state index contributed by atoms with van der Waals surface area (Å²) in [5.74, 6) is -0.269. The van der Waals surface area contributed by atoms with Crippen molar-refractivity contribution in [2.24, 2.45) is 0 Å². The Labute approximate surface area is 198 Å². The topological polar surface area (TPSA) is 96.7 Å². The number of aromatic carboxylic acids is 1. The van der Waals surface area contributed by atoms with Gasteiger partial charge in [0.05, 0.1) is 35.7 Å². The second kappa shape index (κ2) is 9.10. The molecule has 178 valence electrons. The molecule has 0 amide bonds. The summed E-state index contributed by atoms with van der Waals surface area (Å²) in [5.41, 5.74) is 3.26. The van der Waals surface area contributed by atoms with E-state index in [1.54, 1.807) is 18.2 Å². The monoisotopic (exact) mass is 462 g/mol. The maximum absolute atomic E-state index is 13.8. The zero-order valence-electron chi connectivity index (χ0n) is 19.6. The fourth-order valence-corrected chi connectivity index (χ4v) is 4.87. The van der Waals surface area contributed by atoms with Gasteiger partial charge in [0.15, 0.2) is 0 Å².